The zero-order valence-electron chi connectivity index (χ0n) is 18.7. The summed E-state index contributed by atoms with van der Waals surface area (Å²) in [7, 11) is 0. The third kappa shape index (κ3) is 4.18. The number of hydrogen-bond acceptors (Lipinski definition) is 2. The lowest BCUT2D eigenvalue weighted by Gasteiger charge is -2.28. The molecule has 0 bridgehead atoms. The number of nitrogens with zero attached hydrogens (tertiary/aromatic N) is 2. The van der Waals surface area contributed by atoms with E-state index < -0.39 is 0 Å². The Bertz CT molecular complexity index is 1240. The van der Waals surface area contributed by atoms with Crippen molar-refractivity contribution in [3.05, 3.63) is 67.8 Å². The van der Waals surface area contributed by atoms with E-state index in [9.17, 15) is 4.79 Å². The molecule has 33 heavy (non-hydrogen) atoms. The predicted octanol–water partition coefficient (Wildman–Crippen LogP) is 7.41. The average Bonchev–Trinajstić information content (AvgIpc) is 3.32. The van der Waals surface area contributed by atoms with Gasteiger partial charge in [-0.2, -0.15) is 5.10 Å². The Labute approximate surface area is 209 Å². The van der Waals surface area contributed by atoms with Crippen molar-refractivity contribution in [1.82, 2.24) is 15.1 Å². The highest BCUT2D eigenvalue weighted by molar-refractivity contribution is 6.35. The number of amides is 1. The van der Waals surface area contributed by atoms with Gasteiger partial charge >= 0.3 is 0 Å². The molecule has 2 aliphatic rings. The fraction of sp³-hybridized carbons (Fsp3) is 0.385. The lowest BCUT2D eigenvalue weighted by molar-refractivity contribution is 0.0913. The number of aryl methyl sites for hydroxylation is 1. The van der Waals surface area contributed by atoms with Crippen molar-refractivity contribution in [3.63, 3.8) is 0 Å². The van der Waals surface area contributed by atoms with Crippen molar-refractivity contribution in [3.8, 4) is 16.9 Å². The highest BCUT2D eigenvalue weighted by Crippen LogP contribution is 2.43. The maximum Gasteiger partial charge on any atom is 0.272 e. The molecule has 0 saturated heterocycles. The lowest BCUT2D eigenvalue weighted by Crippen LogP contribution is -2.39. The van der Waals surface area contributed by atoms with Gasteiger partial charge in [0, 0.05) is 33.6 Å². The largest absolute Gasteiger partial charge is 0.348 e. The second-order valence-corrected chi connectivity index (χ2v) is 10.5. The third-order valence-corrected chi connectivity index (χ3v) is 8.00. The Balaban J connectivity index is 1.58. The molecular weight excluding hydrogens is 477 g/mol. The van der Waals surface area contributed by atoms with Gasteiger partial charge in [0.25, 0.3) is 5.91 Å². The van der Waals surface area contributed by atoms with E-state index in [2.05, 4.69) is 18.3 Å². The van der Waals surface area contributed by atoms with Crippen LogP contribution in [0.3, 0.4) is 0 Å². The normalized spacial score (nSPS) is 16.4. The number of benzene rings is 2. The van der Waals surface area contributed by atoms with Crippen LogP contribution in [0.15, 0.2) is 30.3 Å². The fourth-order valence-electron chi connectivity index (χ4n) is 5.23. The number of aromatic nitrogens is 2. The quantitative estimate of drug-likeness (QED) is 0.316. The van der Waals surface area contributed by atoms with Gasteiger partial charge in [0.05, 0.1) is 16.4 Å². The summed E-state index contributed by atoms with van der Waals surface area (Å²) < 4.78 is 1.77. The van der Waals surface area contributed by atoms with Crippen molar-refractivity contribution >= 4 is 40.7 Å². The Morgan fingerprint density at radius 1 is 1.09 bits per heavy atom. The molecule has 1 heterocycles. The molecular formula is C26H26Cl3N3O. The van der Waals surface area contributed by atoms with Gasteiger partial charge in [-0.05, 0) is 68.0 Å². The molecule has 0 aliphatic heterocycles. The Kier molecular flexibility index (Phi) is 6.19. The summed E-state index contributed by atoms with van der Waals surface area (Å²) >= 11 is 19.2. The molecule has 4 nitrogen and oxygen atoms in total. The van der Waals surface area contributed by atoms with E-state index in [1.54, 1.807) is 16.8 Å². The van der Waals surface area contributed by atoms with Crippen LogP contribution in [0.4, 0.5) is 0 Å². The molecule has 7 heteroatoms. The number of halogens is 3. The molecule has 0 spiro atoms. The van der Waals surface area contributed by atoms with E-state index in [0.29, 0.717) is 38.8 Å². The molecule has 2 aliphatic carbocycles. The van der Waals surface area contributed by atoms with Crippen molar-refractivity contribution < 1.29 is 4.79 Å². The van der Waals surface area contributed by atoms with Gasteiger partial charge in [-0.1, -0.05) is 60.1 Å². The summed E-state index contributed by atoms with van der Waals surface area (Å²) in [5.74, 6) is 0.381. The van der Waals surface area contributed by atoms with E-state index in [-0.39, 0.29) is 11.9 Å². The van der Waals surface area contributed by atoms with Crippen LogP contribution in [-0.2, 0) is 6.42 Å². The summed E-state index contributed by atoms with van der Waals surface area (Å²) in [5, 5.41) is 9.72. The van der Waals surface area contributed by atoms with E-state index in [0.717, 1.165) is 40.8 Å². The first-order chi connectivity index (χ1) is 15.8. The van der Waals surface area contributed by atoms with Gasteiger partial charge in [0.2, 0.25) is 0 Å². The monoisotopic (exact) mass is 501 g/mol. The first-order valence-electron chi connectivity index (χ1n) is 11.5. The molecule has 0 unspecified atom stereocenters. The Hall–Kier alpha value is -2.01. The molecule has 1 fully saturated rings. The third-order valence-electron chi connectivity index (χ3n) is 7.06. The van der Waals surface area contributed by atoms with E-state index in [1.165, 1.54) is 19.3 Å². The molecule has 172 valence electrons. The van der Waals surface area contributed by atoms with Gasteiger partial charge in [0.1, 0.15) is 0 Å². The van der Waals surface area contributed by atoms with Crippen LogP contribution >= 0.6 is 34.8 Å². The minimum atomic E-state index is -0.135. The summed E-state index contributed by atoms with van der Waals surface area (Å²) in [5.41, 5.74) is 6.04. The molecule has 2 aromatic carbocycles. The second-order valence-electron chi connectivity index (χ2n) is 9.28. The van der Waals surface area contributed by atoms with Crippen LogP contribution < -0.4 is 5.32 Å². The number of carbonyl (C=O) groups excluding carboxylic acids is 1. The maximum atomic E-state index is 13.5. The van der Waals surface area contributed by atoms with E-state index in [1.807, 2.05) is 19.1 Å². The number of fused-ring (bicyclic) bond motifs is 3. The lowest BCUT2D eigenvalue weighted by atomic mass is 9.84. The number of hydrogen-bond donors (Lipinski definition) is 1. The zero-order valence-corrected chi connectivity index (χ0v) is 21.0. The van der Waals surface area contributed by atoms with Gasteiger partial charge in [-0.15, -0.1) is 0 Å². The van der Waals surface area contributed by atoms with Crippen LogP contribution in [-0.4, -0.2) is 21.7 Å². The number of carbonyl (C=O) groups is 1. The SMILES string of the molecule is Cc1cc2c(cc1Cl)-c1c(c(C(=O)N[C@H](C)C3CCCCC3)nn1-c1ccc(Cl)cc1Cl)C2. The van der Waals surface area contributed by atoms with Crippen LogP contribution in [0.2, 0.25) is 15.1 Å². The van der Waals surface area contributed by atoms with Crippen molar-refractivity contribution in [1.29, 1.82) is 0 Å². The molecule has 5 rings (SSSR count). The summed E-state index contributed by atoms with van der Waals surface area (Å²) in [4.78, 5) is 13.5. The van der Waals surface area contributed by atoms with Crippen LogP contribution in [0.5, 0.6) is 0 Å². The van der Waals surface area contributed by atoms with Crippen molar-refractivity contribution in [2.24, 2.45) is 5.92 Å². The van der Waals surface area contributed by atoms with Gasteiger partial charge in [-0.25, -0.2) is 4.68 Å². The maximum absolute atomic E-state index is 13.5. The molecule has 1 atom stereocenters. The van der Waals surface area contributed by atoms with Gasteiger partial charge < -0.3 is 5.32 Å². The zero-order chi connectivity index (χ0) is 23.3. The Morgan fingerprint density at radius 3 is 2.58 bits per heavy atom. The minimum Gasteiger partial charge on any atom is -0.348 e. The molecule has 1 aromatic heterocycles. The predicted molar refractivity (Wildman–Crippen MR) is 135 cm³/mol. The average molecular weight is 503 g/mol. The highest BCUT2D eigenvalue weighted by Gasteiger charge is 2.33. The summed E-state index contributed by atoms with van der Waals surface area (Å²) in [6, 6.07) is 9.47. The molecule has 0 radical (unpaired) electrons. The standard InChI is InChI=1S/C26H26Cl3N3O/c1-14-10-17-11-20-24(26(33)30-15(2)16-6-4-3-5-7-16)31-32(25(20)19(17)13-21(14)28)23-9-8-18(27)12-22(23)29/h8-10,12-13,15-16H,3-7,11H2,1-2H3,(H,30,33)/t15-/m1/s1. The van der Waals surface area contributed by atoms with Crippen LogP contribution in [0.25, 0.3) is 16.9 Å². The first kappa shape index (κ1) is 22.8. The number of nitrogens with one attached hydrogen (secondary N) is 1. The topological polar surface area (TPSA) is 46.9 Å². The molecule has 1 saturated carbocycles. The van der Waals surface area contributed by atoms with Crippen molar-refractivity contribution in [2.45, 2.75) is 58.4 Å². The summed E-state index contributed by atoms with van der Waals surface area (Å²) in [6.07, 6.45) is 6.72. The highest BCUT2D eigenvalue weighted by atomic mass is 35.5. The fourth-order valence-corrected chi connectivity index (χ4v) is 5.88. The van der Waals surface area contributed by atoms with Gasteiger partial charge in [0.15, 0.2) is 5.69 Å². The number of rotatable bonds is 4. The molecule has 1 N–H and O–H groups in total. The smallest absolute Gasteiger partial charge is 0.272 e. The van der Waals surface area contributed by atoms with Gasteiger partial charge in [-0.3, -0.25) is 4.79 Å². The van der Waals surface area contributed by atoms with Crippen LogP contribution in [0.1, 0.15) is 66.2 Å². The second kappa shape index (κ2) is 8.98. The Morgan fingerprint density at radius 2 is 1.85 bits per heavy atom. The summed E-state index contributed by atoms with van der Waals surface area (Å²) in [6.45, 7) is 4.10. The van der Waals surface area contributed by atoms with Crippen LogP contribution in [0, 0.1) is 12.8 Å². The molecule has 3 aromatic rings. The van der Waals surface area contributed by atoms with Crippen molar-refractivity contribution in [2.75, 3.05) is 0 Å². The molecule has 1 amide bonds. The minimum absolute atomic E-state index is 0.109. The first-order valence-corrected chi connectivity index (χ1v) is 12.6. The van der Waals surface area contributed by atoms with E-state index >= 15 is 0 Å². The van der Waals surface area contributed by atoms with E-state index in [4.69, 9.17) is 39.9 Å².